The molecule has 0 bridgehead atoms. The van der Waals surface area contributed by atoms with E-state index in [1.54, 1.807) is 0 Å². The fraction of sp³-hybridized carbons (Fsp3) is 0.706. The maximum Gasteiger partial charge on any atom is 0.326 e. The molecule has 23 heavy (non-hydrogen) atoms. The van der Waals surface area contributed by atoms with Crippen molar-refractivity contribution in [2.45, 2.75) is 71.4 Å². The van der Waals surface area contributed by atoms with Crippen molar-refractivity contribution in [3.05, 3.63) is 17.5 Å². The summed E-state index contributed by atoms with van der Waals surface area (Å²) < 4.78 is 1.88. The van der Waals surface area contributed by atoms with Crippen LogP contribution in [0.2, 0.25) is 0 Å². The van der Waals surface area contributed by atoms with Crippen molar-refractivity contribution in [3.8, 4) is 0 Å². The molecule has 0 aliphatic carbocycles. The molecule has 6 heteroatoms. The molecule has 1 unspecified atom stereocenters. The Morgan fingerprint density at radius 1 is 1.30 bits per heavy atom. The maximum absolute atomic E-state index is 12.8. The Morgan fingerprint density at radius 3 is 2.43 bits per heavy atom. The molecule has 1 fully saturated rings. The van der Waals surface area contributed by atoms with Crippen molar-refractivity contribution >= 4 is 11.9 Å². The Hall–Kier alpha value is -1.85. The van der Waals surface area contributed by atoms with E-state index in [2.05, 4.69) is 18.9 Å². The third-order valence-electron chi connectivity index (χ3n) is 4.23. The third kappa shape index (κ3) is 3.57. The zero-order valence-corrected chi connectivity index (χ0v) is 14.7. The molecule has 0 aromatic carbocycles. The fourth-order valence-electron chi connectivity index (χ4n) is 3.03. The molecule has 0 spiro atoms. The number of nitrogens with zero attached hydrogens (tertiary/aromatic N) is 3. The molecule has 1 aromatic rings. The number of aromatic nitrogens is 2. The topological polar surface area (TPSA) is 75.4 Å². The van der Waals surface area contributed by atoms with Gasteiger partial charge in [-0.05, 0) is 52.0 Å². The monoisotopic (exact) mass is 321 g/mol. The Bertz CT molecular complexity index is 599. The fourth-order valence-corrected chi connectivity index (χ4v) is 3.03. The summed E-state index contributed by atoms with van der Waals surface area (Å²) in [6.45, 7) is 10.7. The van der Waals surface area contributed by atoms with Gasteiger partial charge in [0.25, 0.3) is 5.91 Å². The predicted octanol–water partition coefficient (Wildman–Crippen LogP) is 2.84. The molecule has 1 saturated heterocycles. The van der Waals surface area contributed by atoms with Gasteiger partial charge in [-0.25, -0.2) is 4.79 Å². The highest BCUT2D eigenvalue weighted by atomic mass is 16.4. The van der Waals surface area contributed by atoms with Gasteiger partial charge in [-0.2, -0.15) is 5.10 Å². The Balaban J connectivity index is 2.37. The molecule has 2 heterocycles. The molecular formula is C17H27N3O3. The number of carboxylic acids is 1. The number of hydrogen-bond acceptors (Lipinski definition) is 3. The average molecular weight is 321 g/mol. The minimum absolute atomic E-state index is 0.230. The van der Waals surface area contributed by atoms with Crippen LogP contribution in [0, 0.1) is 0 Å². The smallest absolute Gasteiger partial charge is 0.326 e. The standard InChI is InChI=1S/C17H27N3O3/c1-11(2)14-10-12(18-20(14)17(3,4)5)15(21)19-9-7-6-8-13(19)16(22)23/h10-11,13H,6-9H2,1-5H3,(H,22,23). The van der Waals surface area contributed by atoms with E-state index in [1.807, 2.05) is 31.5 Å². The molecule has 1 aliphatic heterocycles. The van der Waals surface area contributed by atoms with Gasteiger partial charge in [0.05, 0.1) is 5.54 Å². The van der Waals surface area contributed by atoms with Gasteiger partial charge in [-0.15, -0.1) is 0 Å². The van der Waals surface area contributed by atoms with Crippen LogP contribution in [0.5, 0.6) is 0 Å². The molecule has 1 amide bonds. The van der Waals surface area contributed by atoms with Crippen LogP contribution in [0.15, 0.2) is 6.07 Å². The van der Waals surface area contributed by atoms with E-state index in [-0.39, 0.29) is 17.4 Å². The number of aliphatic carboxylic acids is 1. The van der Waals surface area contributed by atoms with Gasteiger partial charge in [0.15, 0.2) is 5.69 Å². The number of piperidine rings is 1. The molecule has 1 atom stereocenters. The number of rotatable bonds is 3. The molecular weight excluding hydrogens is 294 g/mol. The van der Waals surface area contributed by atoms with Gasteiger partial charge < -0.3 is 10.0 Å². The Labute approximate surface area is 137 Å². The largest absolute Gasteiger partial charge is 0.480 e. The van der Waals surface area contributed by atoms with E-state index in [1.165, 1.54) is 4.90 Å². The van der Waals surface area contributed by atoms with Crippen LogP contribution in [0.1, 0.15) is 76.0 Å². The lowest BCUT2D eigenvalue weighted by Gasteiger charge is -2.32. The highest BCUT2D eigenvalue weighted by molar-refractivity contribution is 5.95. The summed E-state index contributed by atoms with van der Waals surface area (Å²) in [4.78, 5) is 25.7. The first-order valence-corrected chi connectivity index (χ1v) is 8.27. The number of likely N-dealkylation sites (tertiary alicyclic amines) is 1. The quantitative estimate of drug-likeness (QED) is 0.929. The van der Waals surface area contributed by atoms with Crippen molar-refractivity contribution < 1.29 is 14.7 Å². The van der Waals surface area contributed by atoms with Gasteiger partial charge in [0.2, 0.25) is 0 Å². The second-order valence-electron chi connectivity index (χ2n) is 7.54. The molecule has 1 aromatic heterocycles. The number of carboxylic acid groups (broad SMARTS) is 1. The van der Waals surface area contributed by atoms with E-state index in [0.717, 1.165) is 18.5 Å². The van der Waals surface area contributed by atoms with Crippen LogP contribution >= 0.6 is 0 Å². The molecule has 1 aliphatic rings. The van der Waals surface area contributed by atoms with Gasteiger partial charge in [0.1, 0.15) is 6.04 Å². The molecule has 2 rings (SSSR count). The zero-order chi connectivity index (χ0) is 17.4. The number of hydrogen-bond donors (Lipinski definition) is 1. The van der Waals surface area contributed by atoms with Gasteiger partial charge >= 0.3 is 5.97 Å². The van der Waals surface area contributed by atoms with Crippen LogP contribution in [0.3, 0.4) is 0 Å². The first-order valence-electron chi connectivity index (χ1n) is 8.27. The predicted molar refractivity (Wildman–Crippen MR) is 87.6 cm³/mol. The van der Waals surface area contributed by atoms with E-state index in [0.29, 0.717) is 18.7 Å². The highest BCUT2D eigenvalue weighted by Crippen LogP contribution is 2.25. The molecule has 128 valence electrons. The van der Waals surface area contributed by atoms with Crippen LogP contribution in [0.25, 0.3) is 0 Å². The van der Waals surface area contributed by atoms with E-state index in [4.69, 9.17) is 0 Å². The van der Waals surface area contributed by atoms with Crippen LogP contribution in [-0.4, -0.2) is 44.3 Å². The summed E-state index contributed by atoms with van der Waals surface area (Å²) >= 11 is 0. The van der Waals surface area contributed by atoms with Gasteiger partial charge in [-0.3, -0.25) is 9.48 Å². The lowest BCUT2D eigenvalue weighted by molar-refractivity contribution is -0.143. The van der Waals surface area contributed by atoms with E-state index < -0.39 is 12.0 Å². The summed E-state index contributed by atoms with van der Waals surface area (Å²) in [6, 6.07) is 1.07. The maximum atomic E-state index is 12.8. The first-order chi connectivity index (χ1) is 10.6. The van der Waals surface area contributed by atoms with Gasteiger partial charge in [0, 0.05) is 12.2 Å². The first kappa shape index (κ1) is 17.5. The zero-order valence-electron chi connectivity index (χ0n) is 14.7. The second-order valence-corrected chi connectivity index (χ2v) is 7.54. The lowest BCUT2D eigenvalue weighted by atomic mass is 10.0. The average Bonchev–Trinajstić information content (AvgIpc) is 2.92. The van der Waals surface area contributed by atoms with Crippen molar-refractivity contribution in [2.75, 3.05) is 6.54 Å². The summed E-state index contributed by atoms with van der Waals surface area (Å²) in [5, 5.41) is 13.9. The van der Waals surface area contributed by atoms with Gasteiger partial charge in [-0.1, -0.05) is 13.8 Å². The molecule has 0 radical (unpaired) electrons. The van der Waals surface area contributed by atoms with Crippen molar-refractivity contribution in [3.63, 3.8) is 0 Å². The Kier molecular flexibility index (Phi) is 4.82. The minimum Gasteiger partial charge on any atom is -0.480 e. The SMILES string of the molecule is CC(C)c1cc(C(=O)N2CCCCC2C(=O)O)nn1C(C)(C)C. The summed E-state index contributed by atoms with van der Waals surface area (Å²) in [5.74, 6) is -0.973. The lowest BCUT2D eigenvalue weighted by Crippen LogP contribution is -2.48. The van der Waals surface area contributed by atoms with E-state index >= 15 is 0 Å². The van der Waals surface area contributed by atoms with Crippen molar-refractivity contribution in [1.29, 1.82) is 0 Å². The van der Waals surface area contributed by atoms with Crippen molar-refractivity contribution in [2.24, 2.45) is 0 Å². The molecule has 6 nitrogen and oxygen atoms in total. The second kappa shape index (κ2) is 6.34. The Morgan fingerprint density at radius 2 is 1.96 bits per heavy atom. The molecule has 1 N–H and O–H groups in total. The molecule has 0 saturated carbocycles. The highest BCUT2D eigenvalue weighted by Gasteiger charge is 2.34. The van der Waals surface area contributed by atoms with E-state index in [9.17, 15) is 14.7 Å². The minimum atomic E-state index is -0.933. The van der Waals surface area contributed by atoms with Crippen LogP contribution in [-0.2, 0) is 10.3 Å². The van der Waals surface area contributed by atoms with Crippen LogP contribution in [0.4, 0.5) is 0 Å². The van der Waals surface area contributed by atoms with Crippen molar-refractivity contribution in [1.82, 2.24) is 14.7 Å². The normalized spacial score (nSPS) is 19.2. The number of carbonyl (C=O) groups is 2. The number of amides is 1. The van der Waals surface area contributed by atoms with Crippen LogP contribution < -0.4 is 0 Å². The summed E-state index contributed by atoms with van der Waals surface area (Å²) in [7, 11) is 0. The summed E-state index contributed by atoms with van der Waals surface area (Å²) in [6.07, 6.45) is 2.19. The number of carbonyl (C=O) groups excluding carboxylic acids is 1. The summed E-state index contributed by atoms with van der Waals surface area (Å²) in [5.41, 5.74) is 1.10. The third-order valence-corrected chi connectivity index (χ3v) is 4.23.